The molecule has 18 heavy (non-hydrogen) atoms. The van der Waals surface area contributed by atoms with Gasteiger partial charge >= 0.3 is 0 Å². The van der Waals surface area contributed by atoms with Gasteiger partial charge in [-0.3, -0.25) is 4.99 Å². The number of aliphatic imine (C=N–C) groups is 1. The Hall–Kier alpha value is -1.71. The van der Waals surface area contributed by atoms with Gasteiger partial charge in [0.05, 0.1) is 7.11 Å². The molecule has 0 atom stereocenters. The van der Waals surface area contributed by atoms with Gasteiger partial charge in [0.25, 0.3) is 0 Å². The molecule has 1 rings (SSSR count). The van der Waals surface area contributed by atoms with Crippen LogP contribution in [0.25, 0.3) is 0 Å². The van der Waals surface area contributed by atoms with Crippen LogP contribution in [0, 0.1) is 5.92 Å². The Morgan fingerprint density at radius 2 is 2.11 bits per heavy atom. The molecule has 0 heterocycles. The van der Waals surface area contributed by atoms with Crippen LogP contribution in [-0.2, 0) is 0 Å². The fraction of sp³-hybridized carbons (Fsp3) is 0.500. The summed E-state index contributed by atoms with van der Waals surface area (Å²) in [4.78, 5) is 4.36. The molecule has 0 aliphatic rings. The zero-order valence-electron chi connectivity index (χ0n) is 11.4. The minimum atomic E-state index is 0.454. The van der Waals surface area contributed by atoms with Crippen molar-refractivity contribution < 1.29 is 4.74 Å². The van der Waals surface area contributed by atoms with E-state index in [9.17, 15) is 0 Å². The van der Waals surface area contributed by atoms with Crippen LogP contribution in [0.1, 0.15) is 26.7 Å². The molecular weight excluding hydrogens is 226 g/mol. The molecule has 100 valence electrons. The second-order valence-corrected chi connectivity index (χ2v) is 4.27. The molecule has 0 aliphatic heterocycles. The van der Waals surface area contributed by atoms with E-state index in [4.69, 9.17) is 10.5 Å². The summed E-state index contributed by atoms with van der Waals surface area (Å²) in [6.07, 6.45) is 2.26. The van der Waals surface area contributed by atoms with Crippen molar-refractivity contribution in [3.8, 4) is 5.75 Å². The van der Waals surface area contributed by atoms with Crippen LogP contribution < -0.4 is 15.8 Å². The lowest BCUT2D eigenvalue weighted by molar-refractivity contribution is 0.415. The number of nitrogens with two attached hydrogens (primary N) is 1. The molecule has 0 aliphatic carbocycles. The second kappa shape index (κ2) is 7.58. The largest absolute Gasteiger partial charge is 0.497 e. The first kappa shape index (κ1) is 14.4. The Morgan fingerprint density at radius 1 is 1.39 bits per heavy atom. The molecule has 1 aromatic carbocycles. The van der Waals surface area contributed by atoms with E-state index >= 15 is 0 Å². The second-order valence-electron chi connectivity index (χ2n) is 4.27. The third kappa shape index (κ3) is 4.65. The van der Waals surface area contributed by atoms with Crippen molar-refractivity contribution in [2.75, 3.05) is 19.0 Å². The summed E-state index contributed by atoms with van der Waals surface area (Å²) in [6, 6.07) is 7.62. The fourth-order valence-corrected chi connectivity index (χ4v) is 1.66. The first-order chi connectivity index (χ1) is 8.69. The molecule has 1 aromatic rings. The molecule has 4 nitrogen and oxygen atoms in total. The van der Waals surface area contributed by atoms with Crippen LogP contribution in [0.3, 0.4) is 0 Å². The molecule has 0 aromatic heterocycles. The topological polar surface area (TPSA) is 59.6 Å². The molecule has 0 unspecified atom stereocenters. The summed E-state index contributed by atoms with van der Waals surface area (Å²) in [5.41, 5.74) is 6.74. The highest BCUT2D eigenvalue weighted by Crippen LogP contribution is 2.16. The van der Waals surface area contributed by atoms with Crippen LogP contribution in [-0.4, -0.2) is 19.6 Å². The van der Waals surface area contributed by atoms with Gasteiger partial charge in [-0.1, -0.05) is 32.8 Å². The Balaban J connectivity index is 2.57. The van der Waals surface area contributed by atoms with E-state index in [1.165, 1.54) is 0 Å². The highest BCUT2D eigenvalue weighted by atomic mass is 16.5. The van der Waals surface area contributed by atoms with Gasteiger partial charge in [-0.15, -0.1) is 0 Å². The highest BCUT2D eigenvalue weighted by molar-refractivity contribution is 5.92. The third-order valence-electron chi connectivity index (χ3n) is 3.02. The molecule has 0 spiro atoms. The zero-order valence-corrected chi connectivity index (χ0v) is 11.4. The molecule has 0 amide bonds. The first-order valence-electron chi connectivity index (χ1n) is 6.40. The van der Waals surface area contributed by atoms with Crippen molar-refractivity contribution in [1.82, 2.24) is 0 Å². The van der Waals surface area contributed by atoms with Gasteiger partial charge in [-0.2, -0.15) is 0 Å². The lowest BCUT2D eigenvalue weighted by atomic mass is 10.0. The van der Waals surface area contributed by atoms with Gasteiger partial charge in [-0.05, 0) is 18.1 Å². The fourth-order valence-electron chi connectivity index (χ4n) is 1.66. The maximum absolute atomic E-state index is 5.85. The first-order valence-corrected chi connectivity index (χ1v) is 6.40. The molecule has 3 N–H and O–H groups in total. The number of hydrogen-bond acceptors (Lipinski definition) is 2. The smallest absolute Gasteiger partial charge is 0.193 e. The zero-order chi connectivity index (χ0) is 13.4. The van der Waals surface area contributed by atoms with Gasteiger partial charge in [0, 0.05) is 18.3 Å². The van der Waals surface area contributed by atoms with E-state index in [1.807, 2.05) is 24.3 Å². The summed E-state index contributed by atoms with van der Waals surface area (Å²) in [7, 11) is 1.64. The number of ether oxygens (including phenoxy) is 1. The molecule has 0 bridgehead atoms. The Bertz CT molecular complexity index is 386. The Labute approximate surface area is 109 Å². The summed E-state index contributed by atoms with van der Waals surface area (Å²) in [5, 5.41) is 3.07. The lowest BCUT2D eigenvalue weighted by Crippen LogP contribution is -2.23. The van der Waals surface area contributed by atoms with Crippen molar-refractivity contribution in [3.63, 3.8) is 0 Å². The number of anilines is 1. The lowest BCUT2D eigenvalue weighted by Gasteiger charge is -2.10. The van der Waals surface area contributed by atoms with Gasteiger partial charge in [0.1, 0.15) is 5.75 Å². The Kier molecular flexibility index (Phi) is 6.05. The number of methoxy groups -OCH3 is 1. The van der Waals surface area contributed by atoms with Crippen molar-refractivity contribution in [1.29, 1.82) is 0 Å². The molecule has 0 saturated carbocycles. The number of benzene rings is 1. The Morgan fingerprint density at radius 3 is 2.72 bits per heavy atom. The number of hydrogen-bond donors (Lipinski definition) is 2. The maximum Gasteiger partial charge on any atom is 0.193 e. The molecular formula is C14H23N3O. The average Bonchev–Trinajstić information content (AvgIpc) is 2.40. The minimum Gasteiger partial charge on any atom is -0.497 e. The van der Waals surface area contributed by atoms with E-state index in [2.05, 4.69) is 24.2 Å². The predicted octanol–water partition coefficient (Wildman–Crippen LogP) is 2.86. The maximum atomic E-state index is 5.85. The van der Waals surface area contributed by atoms with Gasteiger partial charge in [0.15, 0.2) is 5.96 Å². The van der Waals surface area contributed by atoms with E-state index in [1.54, 1.807) is 7.11 Å². The van der Waals surface area contributed by atoms with Crippen LogP contribution >= 0.6 is 0 Å². The van der Waals surface area contributed by atoms with Gasteiger partial charge in [0.2, 0.25) is 0 Å². The van der Waals surface area contributed by atoms with Crippen LogP contribution in [0.4, 0.5) is 5.69 Å². The van der Waals surface area contributed by atoms with Gasteiger partial charge in [-0.25, -0.2) is 0 Å². The van der Waals surface area contributed by atoms with Crippen molar-refractivity contribution in [2.45, 2.75) is 26.7 Å². The third-order valence-corrected chi connectivity index (χ3v) is 3.02. The van der Waals surface area contributed by atoms with Crippen molar-refractivity contribution in [3.05, 3.63) is 24.3 Å². The number of nitrogens with one attached hydrogen (secondary N) is 1. The van der Waals surface area contributed by atoms with Crippen LogP contribution in [0.15, 0.2) is 29.3 Å². The van der Waals surface area contributed by atoms with Crippen LogP contribution in [0.5, 0.6) is 5.75 Å². The highest BCUT2D eigenvalue weighted by Gasteiger charge is 2.02. The summed E-state index contributed by atoms with van der Waals surface area (Å²) in [6.45, 7) is 5.13. The number of nitrogens with zero attached hydrogens (tertiary/aromatic N) is 1. The van der Waals surface area contributed by atoms with Crippen molar-refractivity contribution >= 4 is 11.6 Å². The molecule has 0 fully saturated rings. The molecule has 0 saturated heterocycles. The van der Waals surface area contributed by atoms with E-state index < -0.39 is 0 Å². The van der Waals surface area contributed by atoms with Gasteiger partial charge < -0.3 is 15.8 Å². The summed E-state index contributed by atoms with van der Waals surface area (Å²) >= 11 is 0. The van der Waals surface area contributed by atoms with Crippen LogP contribution in [0.2, 0.25) is 0 Å². The molecule has 4 heteroatoms. The van der Waals surface area contributed by atoms with E-state index in [0.717, 1.165) is 30.8 Å². The van der Waals surface area contributed by atoms with Crippen molar-refractivity contribution in [2.24, 2.45) is 16.6 Å². The standard InChI is InChI=1S/C14H23N3O/c1-4-11(5-2)10-16-14(15)17-12-7-6-8-13(9-12)18-3/h6-9,11H,4-5,10H2,1-3H3,(H3,15,16,17). The number of guanidine groups is 1. The predicted molar refractivity (Wildman–Crippen MR) is 77.2 cm³/mol. The monoisotopic (exact) mass is 249 g/mol. The minimum absolute atomic E-state index is 0.454. The van der Waals surface area contributed by atoms with E-state index in [0.29, 0.717) is 11.9 Å². The summed E-state index contributed by atoms with van der Waals surface area (Å²) < 4.78 is 5.15. The normalized spacial score (nSPS) is 11.7. The average molecular weight is 249 g/mol. The molecule has 0 radical (unpaired) electrons. The quantitative estimate of drug-likeness (QED) is 0.602. The number of rotatable bonds is 6. The van der Waals surface area contributed by atoms with E-state index in [-0.39, 0.29) is 0 Å². The SMILES string of the molecule is CCC(CC)CN=C(N)Nc1cccc(OC)c1. The summed E-state index contributed by atoms with van der Waals surface area (Å²) in [5.74, 6) is 1.86.